The van der Waals surface area contributed by atoms with Crippen LogP contribution in [0.3, 0.4) is 0 Å². The van der Waals surface area contributed by atoms with E-state index in [9.17, 15) is 10.1 Å². The van der Waals surface area contributed by atoms with Crippen molar-refractivity contribution in [2.24, 2.45) is 0 Å². The summed E-state index contributed by atoms with van der Waals surface area (Å²) in [6.07, 6.45) is 4.16. The quantitative estimate of drug-likeness (QED) is 0.456. The molecule has 0 atom stereocenters. The van der Waals surface area contributed by atoms with Gasteiger partial charge in [-0.25, -0.2) is 9.97 Å². The second-order valence-electron chi connectivity index (χ2n) is 2.44. The molecule has 2 rings (SSSR count). The standard InChI is InChI=1S/C6H3IN6O2/c7-4-1-8-2-9-5(4)12-3-10-6(11-12)13(14)15/h1-3H. The Balaban J connectivity index is 2.46. The molecule has 0 fully saturated rings. The van der Waals surface area contributed by atoms with Gasteiger partial charge in [0.05, 0.1) is 3.57 Å². The topological polar surface area (TPSA) is 99.6 Å². The smallest absolute Gasteiger partial charge is 0.390 e. The number of nitrogens with zero attached hydrogens (tertiary/aromatic N) is 6. The molecular formula is C6H3IN6O2. The first-order chi connectivity index (χ1) is 7.18. The molecule has 0 radical (unpaired) electrons. The zero-order chi connectivity index (χ0) is 10.8. The Morgan fingerprint density at radius 3 is 2.87 bits per heavy atom. The number of hydrogen-bond acceptors (Lipinski definition) is 6. The number of aromatic nitrogens is 5. The lowest BCUT2D eigenvalue weighted by molar-refractivity contribution is -0.394. The van der Waals surface area contributed by atoms with Gasteiger partial charge in [-0.05, 0) is 27.5 Å². The molecule has 8 nitrogen and oxygen atoms in total. The van der Waals surface area contributed by atoms with E-state index in [0.717, 1.165) is 3.57 Å². The third kappa shape index (κ3) is 1.91. The molecule has 0 amide bonds. The van der Waals surface area contributed by atoms with Gasteiger partial charge in [0.1, 0.15) is 6.33 Å². The number of nitro groups is 1. The van der Waals surface area contributed by atoms with Crippen LogP contribution >= 0.6 is 22.6 Å². The van der Waals surface area contributed by atoms with Gasteiger partial charge in [0.2, 0.25) is 6.33 Å². The van der Waals surface area contributed by atoms with Gasteiger partial charge in [0, 0.05) is 11.3 Å². The monoisotopic (exact) mass is 318 g/mol. The summed E-state index contributed by atoms with van der Waals surface area (Å²) in [5.41, 5.74) is 0. The molecule has 0 aromatic carbocycles. The SMILES string of the molecule is O=[N+]([O-])c1ncn(-c2ncncc2I)n1. The van der Waals surface area contributed by atoms with E-state index >= 15 is 0 Å². The maximum atomic E-state index is 10.4. The van der Waals surface area contributed by atoms with Crippen LogP contribution in [0.25, 0.3) is 5.82 Å². The van der Waals surface area contributed by atoms with Crippen molar-refractivity contribution in [3.05, 3.63) is 32.5 Å². The van der Waals surface area contributed by atoms with Crippen molar-refractivity contribution in [2.75, 3.05) is 0 Å². The van der Waals surface area contributed by atoms with Crippen LogP contribution in [0.15, 0.2) is 18.9 Å². The lowest BCUT2D eigenvalue weighted by atomic mass is 10.6. The molecule has 0 bridgehead atoms. The van der Waals surface area contributed by atoms with Crippen LogP contribution in [0.1, 0.15) is 0 Å². The van der Waals surface area contributed by atoms with E-state index in [0.29, 0.717) is 5.82 Å². The molecule has 0 N–H and O–H groups in total. The van der Waals surface area contributed by atoms with E-state index in [-0.39, 0.29) is 0 Å². The summed E-state index contributed by atoms with van der Waals surface area (Å²) in [5.74, 6) is 0.00983. The number of rotatable bonds is 2. The predicted molar refractivity (Wildman–Crippen MR) is 56.3 cm³/mol. The highest BCUT2D eigenvalue weighted by Crippen LogP contribution is 2.12. The maximum Gasteiger partial charge on any atom is 0.491 e. The van der Waals surface area contributed by atoms with Crippen molar-refractivity contribution in [1.29, 1.82) is 0 Å². The highest BCUT2D eigenvalue weighted by Gasteiger charge is 2.16. The van der Waals surface area contributed by atoms with E-state index < -0.39 is 10.9 Å². The van der Waals surface area contributed by atoms with Gasteiger partial charge < -0.3 is 10.1 Å². The minimum Gasteiger partial charge on any atom is -0.390 e. The average molecular weight is 318 g/mol. The first-order valence-electron chi connectivity index (χ1n) is 3.70. The zero-order valence-corrected chi connectivity index (χ0v) is 9.27. The van der Waals surface area contributed by atoms with Crippen LogP contribution < -0.4 is 0 Å². The van der Waals surface area contributed by atoms with Gasteiger partial charge in [-0.3, -0.25) is 0 Å². The summed E-state index contributed by atoms with van der Waals surface area (Å²) in [6.45, 7) is 0. The van der Waals surface area contributed by atoms with Crippen LogP contribution in [0.5, 0.6) is 0 Å². The van der Waals surface area contributed by atoms with Crippen molar-refractivity contribution < 1.29 is 4.92 Å². The largest absolute Gasteiger partial charge is 0.491 e. The predicted octanol–water partition coefficient (Wildman–Crippen LogP) is 0.570. The lowest BCUT2D eigenvalue weighted by Crippen LogP contribution is -2.02. The first kappa shape index (κ1) is 9.89. The number of hydrogen-bond donors (Lipinski definition) is 0. The molecule has 0 saturated carbocycles. The van der Waals surface area contributed by atoms with Crippen LogP contribution in [0.4, 0.5) is 5.95 Å². The maximum absolute atomic E-state index is 10.4. The Morgan fingerprint density at radius 1 is 1.47 bits per heavy atom. The van der Waals surface area contributed by atoms with E-state index in [1.165, 1.54) is 17.3 Å². The van der Waals surface area contributed by atoms with E-state index in [1.807, 2.05) is 22.6 Å². The van der Waals surface area contributed by atoms with E-state index in [1.54, 1.807) is 6.20 Å². The third-order valence-electron chi connectivity index (χ3n) is 1.51. The van der Waals surface area contributed by atoms with Crippen molar-refractivity contribution in [3.63, 3.8) is 0 Å². The first-order valence-corrected chi connectivity index (χ1v) is 4.78. The van der Waals surface area contributed by atoms with Crippen LogP contribution in [-0.2, 0) is 0 Å². The van der Waals surface area contributed by atoms with Gasteiger partial charge in [0.25, 0.3) is 0 Å². The third-order valence-corrected chi connectivity index (χ3v) is 2.27. The van der Waals surface area contributed by atoms with Gasteiger partial charge in [0.15, 0.2) is 5.82 Å². The van der Waals surface area contributed by atoms with Gasteiger partial charge >= 0.3 is 5.95 Å². The van der Waals surface area contributed by atoms with Crippen molar-refractivity contribution >= 4 is 28.5 Å². The highest BCUT2D eigenvalue weighted by atomic mass is 127. The Kier molecular flexibility index (Phi) is 2.53. The molecule has 0 aliphatic carbocycles. The fourth-order valence-corrected chi connectivity index (χ4v) is 1.46. The van der Waals surface area contributed by atoms with Gasteiger partial charge in [-0.15, -0.1) is 4.68 Å². The molecule has 2 aromatic heterocycles. The molecule has 0 aliphatic heterocycles. The summed E-state index contributed by atoms with van der Waals surface area (Å²) < 4.78 is 1.97. The fraction of sp³-hybridized carbons (Fsp3) is 0. The summed E-state index contributed by atoms with van der Waals surface area (Å²) in [7, 11) is 0. The Labute approximate surface area is 96.7 Å². The molecule has 9 heteroatoms. The summed E-state index contributed by atoms with van der Waals surface area (Å²) in [4.78, 5) is 21.0. The summed E-state index contributed by atoms with van der Waals surface area (Å²) >= 11 is 2.01. The molecule has 0 unspecified atom stereocenters. The molecular weight excluding hydrogens is 315 g/mol. The van der Waals surface area contributed by atoms with Gasteiger partial charge in [-0.2, -0.15) is 0 Å². The van der Waals surface area contributed by atoms with Crippen LogP contribution in [0, 0.1) is 13.7 Å². The van der Waals surface area contributed by atoms with Crippen LogP contribution in [0.2, 0.25) is 0 Å². The van der Waals surface area contributed by atoms with E-state index in [2.05, 4.69) is 20.1 Å². The van der Waals surface area contributed by atoms with Gasteiger partial charge in [-0.1, -0.05) is 4.98 Å². The molecule has 15 heavy (non-hydrogen) atoms. The Morgan fingerprint density at radius 2 is 2.27 bits per heavy atom. The fourth-order valence-electron chi connectivity index (χ4n) is 0.915. The van der Waals surface area contributed by atoms with Crippen molar-refractivity contribution in [1.82, 2.24) is 24.7 Å². The summed E-state index contributed by atoms with van der Waals surface area (Å²) in [5, 5.41) is 14.0. The van der Waals surface area contributed by atoms with Crippen LogP contribution in [-0.4, -0.2) is 29.7 Å². The van der Waals surface area contributed by atoms with Crippen molar-refractivity contribution in [2.45, 2.75) is 0 Å². The second-order valence-corrected chi connectivity index (χ2v) is 3.60. The minimum atomic E-state index is -0.662. The Hall–Kier alpha value is -1.65. The van der Waals surface area contributed by atoms with E-state index in [4.69, 9.17) is 0 Å². The minimum absolute atomic E-state index is 0.454. The molecule has 2 heterocycles. The molecule has 2 aromatic rings. The molecule has 0 saturated heterocycles. The van der Waals surface area contributed by atoms with Crippen molar-refractivity contribution in [3.8, 4) is 5.82 Å². The average Bonchev–Trinajstić information content (AvgIpc) is 2.67. The molecule has 0 aliphatic rings. The summed E-state index contributed by atoms with van der Waals surface area (Å²) in [6, 6.07) is 0. The molecule has 76 valence electrons. The molecule has 0 spiro atoms. The zero-order valence-electron chi connectivity index (χ0n) is 7.11. The Bertz CT molecular complexity index is 512. The second kappa shape index (κ2) is 3.84. The highest BCUT2D eigenvalue weighted by molar-refractivity contribution is 14.1. The number of halogens is 1. The normalized spacial score (nSPS) is 10.2. The lowest BCUT2D eigenvalue weighted by Gasteiger charge is -1.96.